The Bertz CT molecular complexity index is 761. The molecule has 0 aromatic heterocycles. The van der Waals surface area contributed by atoms with E-state index in [-0.39, 0.29) is 17.6 Å². The summed E-state index contributed by atoms with van der Waals surface area (Å²) in [6, 6.07) is 26.7. The Morgan fingerprint density at radius 2 is 1.29 bits per heavy atom. The van der Waals surface area contributed by atoms with E-state index < -0.39 is 0 Å². The highest BCUT2D eigenvalue weighted by Crippen LogP contribution is 2.29. The molecule has 1 amide bonds. The van der Waals surface area contributed by atoms with Gasteiger partial charge in [0.05, 0.1) is 5.69 Å². The molecule has 3 rings (SSSR count). The van der Waals surface area contributed by atoms with E-state index in [1.165, 1.54) is 0 Å². The molecule has 0 saturated heterocycles. The number of hydrogen-bond donors (Lipinski definition) is 2. The number of aromatic hydroxyl groups is 1. The summed E-state index contributed by atoms with van der Waals surface area (Å²) in [6.07, 6.45) is 0.308. The molecule has 3 nitrogen and oxygen atoms in total. The molecule has 0 heterocycles. The minimum Gasteiger partial charge on any atom is -0.506 e. The Kier molecular flexibility index (Phi) is 4.92. The van der Waals surface area contributed by atoms with Crippen LogP contribution in [0.4, 0.5) is 5.69 Å². The van der Waals surface area contributed by atoms with E-state index in [4.69, 9.17) is 0 Å². The van der Waals surface area contributed by atoms with E-state index in [9.17, 15) is 9.90 Å². The molecule has 0 saturated carbocycles. The van der Waals surface area contributed by atoms with Crippen LogP contribution in [0, 0.1) is 0 Å². The first-order chi connectivity index (χ1) is 11.7. The average molecular weight is 317 g/mol. The maximum absolute atomic E-state index is 12.5. The van der Waals surface area contributed by atoms with Crippen molar-refractivity contribution >= 4 is 11.6 Å². The number of hydrogen-bond acceptors (Lipinski definition) is 2. The van der Waals surface area contributed by atoms with Crippen LogP contribution < -0.4 is 5.32 Å². The van der Waals surface area contributed by atoms with Gasteiger partial charge in [-0.1, -0.05) is 72.8 Å². The molecule has 0 aliphatic heterocycles. The van der Waals surface area contributed by atoms with Crippen molar-refractivity contribution in [3.8, 4) is 5.75 Å². The quantitative estimate of drug-likeness (QED) is 0.678. The van der Waals surface area contributed by atoms with Crippen LogP contribution in [0.15, 0.2) is 84.9 Å². The largest absolute Gasteiger partial charge is 0.506 e. The number of carbonyl (C=O) groups is 1. The zero-order chi connectivity index (χ0) is 16.8. The summed E-state index contributed by atoms with van der Waals surface area (Å²) in [4.78, 5) is 12.5. The molecular formula is C21H19NO2. The second kappa shape index (κ2) is 7.47. The van der Waals surface area contributed by atoms with Crippen molar-refractivity contribution in [3.05, 3.63) is 96.1 Å². The van der Waals surface area contributed by atoms with E-state index >= 15 is 0 Å². The number of carbonyl (C=O) groups excluding carboxylic acids is 1. The van der Waals surface area contributed by atoms with Crippen LogP contribution in [0.5, 0.6) is 5.75 Å². The van der Waals surface area contributed by atoms with Gasteiger partial charge in [0.1, 0.15) is 5.75 Å². The molecule has 0 unspecified atom stereocenters. The predicted octanol–water partition coefficient (Wildman–Crippen LogP) is 4.55. The molecule has 3 aromatic rings. The average Bonchev–Trinajstić information content (AvgIpc) is 2.63. The molecular weight excluding hydrogens is 298 g/mol. The van der Waals surface area contributed by atoms with Gasteiger partial charge in [-0.25, -0.2) is 0 Å². The zero-order valence-electron chi connectivity index (χ0n) is 13.2. The lowest BCUT2D eigenvalue weighted by atomic mass is 9.88. The Balaban J connectivity index is 1.82. The third kappa shape index (κ3) is 3.82. The minimum atomic E-state index is -0.130. The van der Waals surface area contributed by atoms with Crippen molar-refractivity contribution in [2.24, 2.45) is 0 Å². The first kappa shape index (κ1) is 15.8. The molecule has 0 aliphatic rings. The van der Waals surface area contributed by atoms with E-state index in [1.807, 2.05) is 60.7 Å². The summed E-state index contributed by atoms with van der Waals surface area (Å²) in [5.41, 5.74) is 2.62. The second-order valence-electron chi connectivity index (χ2n) is 5.64. The molecule has 0 spiro atoms. The second-order valence-corrected chi connectivity index (χ2v) is 5.64. The fourth-order valence-electron chi connectivity index (χ4n) is 2.76. The van der Waals surface area contributed by atoms with E-state index in [1.54, 1.807) is 24.3 Å². The van der Waals surface area contributed by atoms with Gasteiger partial charge in [0, 0.05) is 12.3 Å². The summed E-state index contributed by atoms with van der Waals surface area (Å²) >= 11 is 0. The van der Waals surface area contributed by atoms with Gasteiger partial charge in [-0.3, -0.25) is 4.79 Å². The number of amides is 1. The van der Waals surface area contributed by atoms with E-state index in [0.717, 1.165) is 11.1 Å². The molecule has 3 heteroatoms. The van der Waals surface area contributed by atoms with Crippen molar-refractivity contribution in [2.45, 2.75) is 12.3 Å². The molecule has 120 valence electrons. The first-order valence-electron chi connectivity index (χ1n) is 7.92. The summed E-state index contributed by atoms with van der Waals surface area (Å²) in [5, 5.41) is 12.6. The fourth-order valence-corrected chi connectivity index (χ4v) is 2.76. The lowest BCUT2D eigenvalue weighted by molar-refractivity contribution is -0.116. The van der Waals surface area contributed by atoms with Crippen molar-refractivity contribution < 1.29 is 9.90 Å². The third-order valence-corrected chi connectivity index (χ3v) is 3.97. The normalized spacial score (nSPS) is 10.5. The van der Waals surface area contributed by atoms with Gasteiger partial charge in [0.25, 0.3) is 0 Å². The highest BCUT2D eigenvalue weighted by molar-refractivity contribution is 5.92. The molecule has 3 aromatic carbocycles. The number of phenols is 1. The summed E-state index contributed by atoms with van der Waals surface area (Å²) in [5.74, 6) is -0.0886. The van der Waals surface area contributed by atoms with Crippen molar-refractivity contribution in [1.29, 1.82) is 0 Å². The maximum atomic E-state index is 12.5. The molecule has 24 heavy (non-hydrogen) atoms. The number of para-hydroxylation sites is 2. The Labute approximate surface area is 141 Å². The number of nitrogens with one attached hydrogen (secondary N) is 1. The van der Waals surface area contributed by atoms with Gasteiger partial charge in [-0.2, -0.15) is 0 Å². The predicted molar refractivity (Wildman–Crippen MR) is 96.1 cm³/mol. The topological polar surface area (TPSA) is 49.3 Å². The summed E-state index contributed by atoms with van der Waals surface area (Å²) < 4.78 is 0. The minimum absolute atomic E-state index is 0.0294. The lowest BCUT2D eigenvalue weighted by Crippen LogP contribution is -2.16. The van der Waals surface area contributed by atoms with E-state index in [0.29, 0.717) is 12.1 Å². The monoisotopic (exact) mass is 317 g/mol. The summed E-state index contributed by atoms with van der Waals surface area (Å²) in [7, 11) is 0. The van der Waals surface area contributed by atoms with Gasteiger partial charge >= 0.3 is 0 Å². The maximum Gasteiger partial charge on any atom is 0.225 e. The van der Waals surface area contributed by atoms with E-state index in [2.05, 4.69) is 5.32 Å². The molecule has 0 radical (unpaired) electrons. The SMILES string of the molecule is O=C(CC(c1ccccc1)c1ccccc1)Nc1ccccc1O. The molecule has 0 bridgehead atoms. The van der Waals surface area contributed by atoms with Crippen LogP contribution >= 0.6 is 0 Å². The van der Waals surface area contributed by atoms with Crippen LogP contribution in [0.3, 0.4) is 0 Å². The van der Waals surface area contributed by atoms with Crippen LogP contribution in [-0.2, 0) is 4.79 Å². The lowest BCUT2D eigenvalue weighted by Gasteiger charge is -2.18. The van der Waals surface area contributed by atoms with Gasteiger partial charge in [-0.05, 0) is 23.3 Å². The molecule has 0 atom stereocenters. The standard InChI is InChI=1S/C21H19NO2/c23-20-14-8-7-13-19(20)22-21(24)15-18(16-9-3-1-4-10-16)17-11-5-2-6-12-17/h1-14,18,23H,15H2,(H,22,24). The molecule has 2 N–H and O–H groups in total. The highest BCUT2D eigenvalue weighted by Gasteiger charge is 2.18. The Morgan fingerprint density at radius 1 is 0.792 bits per heavy atom. The van der Waals surface area contributed by atoms with Gasteiger partial charge in [0.2, 0.25) is 5.91 Å². The fraction of sp³-hybridized carbons (Fsp3) is 0.0952. The Morgan fingerprint density at radius 3 is 1.83 bits per heavy atom. The highest BCUT2D eigenvalue weighted by atomic mass is 16.3. The number of anilines is 1. The van der Waals surface area contributed by atoms with Gasteiger partial charge in [-0.15, -0.1) is 0 Å². The third-order valence-electron chi connectivity index (χ3n) is 3.97. The molecule has 0 aliphatic carbocycles. The number of phenolic OH excluding ortho intramolecular Hbond substituents is 1. The van der Waals surface area contributed by atoms with Gasteiger partial charge < -0.3 is 10.4 Å². The van der Waals surface area contributed by atoms with Crippen molar-refractivity contribution in [1.82, 2.24) is 0 Å². The first-order valence-corrected chi connectivity index (χ1v) is 7.92. The van der Waals surface area contributed by atoms with Crippen molar-refractivity contribution in [3.63, 3.8) is 0 Å². The van der Waals surface area contributed by atoms with Crippen LogP contribution in [0.25, 0.3) is 0 Å². The van der Waals surface area contributed by atoms with Crippen molar-refractivity contribution in [2.75, 3.05) is 5.32 Å². The van der Waals surface area contributed by atoms with Crippen LogP contribution in [0.2, 0.25) is 0 Å². The van der Waals surface area contributed by atoms with Crippen LogP contribution in [-0.4, -0.2) is 11.0 Å². The smallest absolute Gasteiger partial charge is 0.225 e. The summed E-state index contributed by atoms with van der Waals surface area (Å²) in [6.45, 7) is 0. The molecule has 0 fully saturated rings. The Hall–Kier alpha value is -3.07. The number of benzene rings is 3. The number of rotatable bonds is 5. The van der Waals surface area contributed by atoms with Gasteiger partial charge in [0.15, 0.2) is 0 Å². The van der Waals surface area contributed by atoms with Crippen LogP contribution in [0.1, 0.15) is 23.5 Å². The zero-order valence-corrected chi connectivity index (χ0v) is 13.2.